The van der Waals surface area contributed by atoms with Crippen molar-refractivity contribution in [2.45, 2.75) is 12.8 Å². The maximum atomic E-state index is 5.72. The highest BCUT2D eigenvalue weighted by Crippen LogP contribution is 2.23. The standard InChI is InChI=1S/C15H17NO/c1-12(11-16)13-7-9-15(10-8-13)17-14-5-3-2-4-6-14/h2-10,12H,11,16H2,1H3. The number of benzene rings is 2. The molecule has 0 radical (unpaired) electrons. The SMILES string of the molecule is CC(CN)c1ccc(Oc2ccccc2)cc1. The van der Waals surface area contributed by atoms with Gasteiger partial charge in [0.25, 0.3) is 0 Å². The van der Waals surface area contributed by atoms with Gasteiger partial charge in [0.1, 0.15) is 11.5 Å². The molecule has 0 saturated carbocycles. The molecule has 0 aromatic heterocycles. The molecule has 0 bridgehead atoms. The van der Waals surface area contributed by atoms with E-state index in [0.29, 0.717) is 12.5 Å². The van der Waals surface area contributed by atoms with Crippen LogP contribution in [0.4, 0.5) is 0 Å². The average molecular weight is 227 g/mol. The molecule has 0 amide bonds. The van der Waals surface area contributed by atoms with E-state index in [1.807, 2.05) is 42.5 Å². The van der Waals surface area contributed by atoms with Gasteiger partial charge in [-0.15, -0.1) is 0 Å². The van der Waals surface area contributed by atoms with Crippen LogP contribution in [0.25, 0.3) is 0 Å². The van der Waals surface area contributed by atoms with Crippen molar-refractivity contribution in [3.63, 3.8) is 0 Å². The summed E-state index contributed by atoms with van der Waals surface area (Å²) in [5.41, 5.74) is 6.88. The Morgan fingerprint density at radius 3 is 2.12 bits per heavy atom. The number of nitrogens with two attached hydrogens (primary N) is 1. The molecule has 0 aliphatic carbocycles. The van der Waals surface area contributed by atoms with Crippen LogP contribution in [-0.4, -0.2) is 6.54 Å². The van der Waals surface area contributed by atoms with Crippen molar-refractivity contribution >= 4 is 0 Å². The molecular weight excluding hydrogens is 210 g/mol. The van der Waals surface area contributed by atoms with Crippen molar-refractivity contribution in [2.24, 2.45) is 5.73 Å². The normalized spacial score (nSPS) is 12.1. The summed E-state index contributed by atoms with van der Waals surface area (Å²) in [6.45, 7) is 2.78. The van der Waals surface area contributed by atoms with E-state index in [9.17, 15) is 0 Å². The molecule has 0 fully saturated rings. The van der Waals surface area contributed by atoms with Crippen LogP contribution in [0.15, 0.2) is 54.6 Å². The molecule has 2 N–H and O–H groups in total. The van der Waals surface area contributed by atoms with Crippen molar-refractivity contribution in [3.8, 4) is 11.5 Å². The highest BCUT2D eigenvalue weighted by molar-refractivity contribution is 5.33. The zero-order valence-electron chi connectivity index (χ0n) is 9.97. The van der Waals surface area contributed by atoms with E-state index in [2.05, 4.69) is 19.1 Å². The van der Waals surface area contributed by atoms with Gasteiger partial charge in [-0.3, -0.25) is 0 Å². The summed E-state index contributed by atoms with van der Waals surface area (Å²) >= 11 is 0. The van der Waals surface area contributed by atoms with Crippen molar-refractivity contribution in [1.29, 1.82) is 0 Å². The number of ether oxygens (including phenoxy) is 1. The summed E-state index contributed by atoms with van der Waals surface area (Å²) in [6.07, 6.45) is 0. The van der Waals surface area contributed by atoms with Crippen LogP contribution in [0.3, 0.4) is 0 Å². The lowest BCUT2D eigenvalue weighted by molar-refractivity contribution is 0.482. The van der Waals surface area contributed by atoms with E-state index < -0.39 is 0 Å². The molecule has 2 aromatic carbocycles. The molecule has 0 heterocycles. The Balaban J connectivity index is 2.08. The van der Waals surface area contributed by atoms with Crippen LogP contribution >= 0.6 is 0 Å². The number of hydrogen-bond acceptors (Lipinski definition) is 2. The third-order valence-corrected chi connectivity index (χ3v) is 2.78. The fourth-order valence-corrected chi connectivity index (χ4v) is 1.63. The van der Waals surface area contributed by atoms with Gasteiger partial charge in [0, 0.05) is 0 Å². The van der Waals surface area contributed by atoms with Gasteiger partial charge in [-0.25, -0.2) is 0 Å². The van der Waals surface area contributed by atoms with Crippen molar-refractivity contribution in [2.75, 3.05) is 6.54 Å². The quantitative estimate of drug-likeness (QED) is 0.867. The van der Waals surface area contributed by atoms with Gasteiger partial charge >= 0.3 is 0 Å². The molecule has 0 aliphatic heterocycles. The number of hydrogen-bond donors (Lipinski definition) is 1. The monoisotopic (exact) mass is 227 g/mol. The molecule has 1 atom stereocenters. The lowest BCUT2D eigenvalue weighted by Gasteiger charge is -2.10. The molecule has 0 spiro atoms. The van der Waals surface area contributed by atoms with Gasteiger partial charge in [-0.1, -0.05) is 37.3 Å². The van der Waals surface area contributed by atoms with E-state index in [4.69, 9.17) is 10.5 Å². The van der Waals surface area contributed by atoms with E-state index in [-0.39, 0.29) is 0 Å². The Kier molecular flexibility index (Phi) is 3.78. The Morgan fingerprint density at radius 1 is 0.941 bits per heavy atom. The first-order chi connectivity index (χ1) is 8.29. The van der Waals surface area contributed by atoms with Gasteiger partial charge < -0.3 is 10.5 Å². The van der Waals surface area contributed by atoms with Crippen LogP contribution in [0, 0.1) is 0 Å². The van der Waals surface area contributed by atoms with Gasteiger partial charge in [-0.05, 0) is 42.3 Å². The van der Waals surface area contributed by atoms with Crippen LogP contribution < -0.4 is 10.5 Å². The third-order valence-electron chi connectivity index (χ3n) is 2.78. The molecule has 88 valence electrons. The van der Waals surface area contributed by atoms with Gasteiger partial charge in [0.2, 0.25) is 0 Å². The lowest BCUT2D eigenvalue weighted by atomic mass is 10.0. The summed E-state index contributed by atoms with van der Waals surface area (Å²) in [7, 11) is 0. The molecule has 2 rings (SSSR count). The zero-order valence-corrected chi connectivity index (χ0v) is 9.97. The molecular formula is C15H17NO. The van der Waals surface area contributed by atoms with Crippen LogP contribution in [0.5, 0.6) is 11.5 Å². The largest absolute Gasteiger partial charge is 0.457 e. The smallest absolute Gasteiger partial charge is 0.127 e. The molecule has 2 heteroatoms. The van der Waals surface area contributed by atoms with Crippen LogP contribution in [0.1, 0.15) is 18.4 Å². The van der Waals surface area contributed by atoms with Crippen LogP contribution in [-0.2, 0) is 0 Å². The molecule has 17 heavy (non-hydrogen) atoms. The van der Waals surface area contributed by atoms with E-state index in [0.717, 1.165) is 11.5 Å². The van der Waals surface area contributed by atoms with Crippen molar-refractivity contribution < 1.29 is 4.74 Å². The molecule has 1 unspecified atom stereocenters. The van der Waals surface area contributed by atoms with E-state index in [1.165, 1.54) is 5.56 Å². The molecule has 0 aliphatic rings. The average Bonchev–Trinajstić information content (AvgIpc) is 2.40. The highest BCUT2D eigenvalue weighted by atomic mass is 16.5. The minimum absolute atomic E-state index is 0.390. The maximum absolute atomic E-state index is 5.72. The van der Waals surface area contributed by atoms with Crippen LogP contribution in [0.2, 0.25) is 0 Å². The third kappa shape index (κ3) is 3.08. The Bertz CT molecular complexity index is 450. The first-order valence-corrected chi connectivity index (χ1v) is 5.82. The summed E-state index contributed by atoms with van der Waals surface area (Å²) in [5.74, 6) is 2.09. The van der Waals surface area contributed by atoms with Crippen molar-refractivity contribution in [1.82, 2.24) is 0 Å². The fraction of sp³-hybridized carbons (Fsp3) is 0.200. The summed E-state index contributed by atoms with van der Waals surface area (Å²) in [5, 5.41) is 0. The molecule has 2 aromatic rings. The minimum atomic E-state index is 0.390. The van der Waals surface area contributed by atoms with E-state index in [1.54, 1.807) is 0 Å². The minimum Gasteiger partial charge on any atom is -0.457 e. The summed E-state index contributed by atoms with van der Waals surface area (Å²) in [4.78, 5) is 0. The first kappa shape index (κ1) is 11.7. The maximum Gasteiger partial charge on any atom is 0.127 e. The molecule has 0 saturated heterocycles. The van der Waals surface area contributed by atoms with Crippen molar-refractivity contribution in [3.05, 3.63) is 60.2 Å². The number of rotatable bonds is 4. The lowest BCUT2D eigenvalue weighted by Crippen LogP contribution is -2.08. The summed E-state index contributed by atoms with van der Waals surface area (Å²) < 4.78 is 5.72. The highest BCUT2D eigenvalue weighted by Gasteiger charge is 2.03. The summed E-state index contributed by atoms with van der Waals surface area (Å²) in [6, 6.07) is 17.9. The second kappa shape index (κ2) is 5.51. The topological polar surface area (TPSA) is 35.2 Å². The van der Waals surface area contributed by atoms with Gasteiger partial charge in [-0.2, -0.15) is 0 Å². The second-order valence-corrected chi connectivity index (χ2v) is 4.12. The first-order valence-electron chi connectivity index (χ1n) is 5.82. The van der Waals surface area contributed by atoms with Gasteiger partial charge in [0.05, 0.1) is 0 Å². The Labute approximate surface area is 102 Å². The Hall–Kier alpha value is -1.80. The van der Waals surface area contributed by atoms with E-state index >= 15 is 0 Å². The zero-order chi connectivity index (χ0) is 12.1. The fourth-order valence-electron chi connectivity index (χ4n) is 1.63. The van der Waals surface area contributed by atoms with Gasteiger partial charge in [0.15, 0.2) is 0 Å². The second-order valence-electron chi connectivity index (χ2n) is 4.12. The predicted octanol–water partition coefficient (Wildman–Crippen LogP) is 3.54. The molecule has 2 nitrogen and oxygen atoms in total. The predicted molar refractivity (Wildman–Crippen MR) is 70.4 cm³/mol. The Morgan fingerprint density at radius 2 is 1.53 bits per heavy atom. The number of para-hydroxylation sites is 1.